The first-order valence-corrected chi connectivity index (χ1v) is 8.63. The van der Waals surface area contributed by atoms with Gasteiger partial charge in [0.15, 0.2) is 5.78 Å². The maximum atomic E-state index is 12.6. The van der Waals surface area contributed by atoms with Crippen LogP contribution in [-0.2, 0) is 4.79 Å². The Bertz CT molecular complexity index is 828. The molecule has 3 rings (SSSR count). The molecule has 0 aromatic heterocycles. The number of nitrogens with zero attached hydrogens (tertiary/aromatic N) is 2. The molecule has 4 nitrogen and oxygen atoms in total. The van der Waals surface area contributed by atoms with Gasteiger partial charge in [-0.05, 0) is 19.1 Å². The lowest BCUT2D eigenvalue weighted by molar-refractivity contribution is -0.126. The van der Waals surface area contributed by atoms with Crippen molar-refractivity contribution in [3.63, 3.8) is 0 Å². The molecule has 1 aliphatic heterocycles. The van der Waals surface area contributed by atoms with Gasteiger partial charge in [0.1, 0.15) is 5.84 Å². The van der Waals surface area contributed by atoms with Gasteiger partial charge < -0.3 is 0 Å². The third-order valence-corrected chi connectivity index (χ3v) is 4.40. The number of ketones is 1. The molecule has 1 aliphatic rings. The largest absolute Gasteiger partial charge is 0.295 e. The summed E-state index contributed by atoms with van der Waals surface area (Å²) in [5.74, 6) is 0.528. The second-order valence-corrected chi connectivity index (χ2v) is 6.49. The molecule has 0 fully saturated rings. The Morgan fingerprint density at radius 2 is 1.88 bits per heavy atom. The van der Waals surface area contributed by atoms with E-state index >= 15 is 0 Å². The van der Waals surface area contributed by atoms with Crippen LogP contribution in [0.1, 0.15) is 34.3 Å². The number of amides is 1. The molecular weight excluding hydrogens is 336 g/mol. The molecule has 0 bridgehead atoms. The summed E-state index contributed by atoms with van der Waals surface area (Å²) in [7, 11) is 0. The molecule has 0 unspecified atom stereocenters. The van der Waals surface area contributed by atoms with E-state index in [9.17, 15) is 9.59 Å². The van der Waals surface area contributed by atoms with Gasteiger partial charge >= 0.3 is 0 Å². The van der Waals surface area contributed by atoms with Gasteiger partial charge in [0.2, 0.25) is 5.91 Å². The Kier molecular flexibility index (Phi) is 5.29. The van der Waals surface area contributed by atoms with Crippen molar-refractivity contribution < 1.29 is 9.59 Å². The van der Waals surface area contributed by atoms with Crippen molar-refractivity contribution in [3.05, 3.63) is 70.2 Å². The highest BCUT2D eigenvalue weighted by molar-refractivity contribution is 6.31. The van der Waals surface area contributed by atoms with Crippen molar-refractivity contribution in [3.8, 4) is 0 Å². The SMILES string of the molecule is Cc1ccc(C(=O)CCC(=O)N2CCN=C2c2cccc(Cl)c2)cc1. The van der Waals surface area contributed by atoms with E-state index in [-0.39, 0.29) is 24.5 Å². The molecule has 1 heterocycles. The Hall–Kier alpha value is -2.46. The number of halogens is 1. The zero-order valence-corrected chi connectivity index (χ0v) is 14.8. The Labute approximate surface area is 152 Å². The highest BCUT2D eigenvalue weighted by Gasteiger charge is 2.25. The molecule has 0 radical (unpaired) electrons. The van der Waals surface area contributed by atoms with Gasteiger partial charge in [0.25, 0.3) is 0 Å². The number of benzene rings is 2. The van der Waals surface area contributed by atoms with Crippen LogP contribution >= 0.6 is 11.6 Å². The van der Waals surface area contributed by atoms with E-state index in [0.29, 0.717) is 29.5 Å². The fourth-order valence-corrected chi connectivity index (χ4v) is 2.99. The standard InChI is InChI=1S/C20H19ClN2O2/c1-14-5-7-15(8-6-14)18(24)9-10-19(25)23-12-11-22-20(23)16-3-2-4-17(21)13-16/h2-8,13H,9-12H2,1H3. The summed E-state index contributed by atoms with van der Waals surface area (Å²) >= 11 is 6.03. The fraction of sp³-hybridized carbons (Fsp3) is 0.250. The number of rotatable bonds is 5. The molecule has 128 valence electrons. The first-order valence-electron chi connectivity index (χ1n) is 8.25. The molecule has 2 aromatic carbocycles. The van der Waals surface area contributed by atoms with E-state index in [1.54, 1.807) is 29.2 Å². The quantitative estimate of drug-likeness (QED) is 0.764. The number of aliphatic imine (C=N–C) groups is 1. The molecule has 1 amide bonds. The Morgan fingerprint density at radius 1 is 1.12 bits per heavy atom. The van der Waals surface area contributed by atoms with Crippen LogP contribution in [0, 0.1) is 6.92 Å². The number of hydrogen-bond acceptors (Lipinski definition) is 3. The molecule has 0 N–H and O–H groups in total. The first-order chi connectivity index (χ1) is 12.0. The summed E-state index contributed by atoms with van der Waals surface area (Å²) in [6.45, 7) is 3.08. The van der Waals surface area contributed by atoms with Gasteiger partial charge in [-0.2, -0.15) is 0 Å². The predicted molar refractivity (Wildman–Crippen MR) is 99.3 cm³/mol. The summed E-state index contributed by atoms with van der Waals surface area (Å²) < 4.78 is 0. The topological polar surface area (TPSA) is 49.7 Å². The normalized spacial score (nSPS) is 13.7. The highest BCUT2D eigenvalue weighted by atomic mass is 35.5. The maximum Gasteiger partial charge on any atom is 0.228 e. The van der Waals surface area contributed by atoms with Gasteiger partial charge in [-0.15, -0.1) is 0 Å². The molecule has 0 saturated heterocycles. The molecule has 2 aromatic rings. The van der Waals surface area contributed by atoms with Crippen LogP contribution in [-0.4, -0.2) is 35.5 Å². The monoisotopic (exact) mass is 354 g/mol. The zero-order chi connectivity index (χ0) is 17.8. The minimum absolute atomic E-state index is 0.0196. The van der Waals surface area contributed by atoms with E-state index in [2.05, 4.69) is 4.99 Å². The maximum absolute atomic E-state index is 12.6. The molecule has 0 spiro atoms. The van der Waals surface area contributed by atoms with Crippen molar-refractivity contribution in [1.29, 1.82) is 0 Å². The van der Waals surface area contributed by atoms with Crippen molar-refractivity contribution in [2.75, 3.05) is 13.1 Å². The lowest BCUT2D eigenvalue weighted by atomic mass is 10.0. The third kappa shape index (κ3) is 4.15. The summed E-state index contributed by atoms with van der Waals surface area (Å²) in [6, 6.07) is 14.7. The number of amidine groups is 1. The van der Waals surface area contributed by atoms with Gasteiger partial charge in [-0.1, -0.05) is 53.6 Å². The van der Waals surface area contributed by atoms with Gasteiger partial charge in [-0.25, -0.2) is 0 Å². The summed E-state index contributed by atoms with van der Waals surface area (Å²) in [5, 5.41) is 0.606. The Morgan fingerprint density at radius 3 is 2.60 bits per heavy atom. The van der Waals surface area contributed by atoms with Crippen molar-refractivity contribution in [1.82, 2.24) is 4.90 Å². The molecule has 0 saturated carbocycles. The van der Waals surface area contributed by atoms with Crippen molar-refractivity contribution in [2.45, 2.75) is 19.8 Å². The minimum Gasteiger partial charge on any atom is -0.295 e. The number of Topliss-reactive ketones (excluding diaryl/α,β-unsaturated/α-hetero) is 1. The average Bonchev–Trinajstić information content (AvgIpc) is 3.10. The van der Waals surface area contributed by atoms with E-state index < -0.39 is 0 Å². The smallest absolute Gasteiger partial charge is 0.228 e. The van der Waals surface area contributed by atoms with Crippen molar-refractivity contribution in [2.24, 2.45) is 4.99 Å². The van der Waals surface area contributed by atoms with E-state index in [1.807, 2.05) is 31.2 Å². The lowest BCUT2D eigenvalue weighted by Gasteiger charge is -2.18. The second-order valence-electron chi connectivity index (χ2n) is 6.05. The molecule has 5 heteroatoms. The summed E-state index contributed by atoms with van der Waals surface area (Å²) in [5.41, 5.74) is 2.57. The van der Waals surface area contributed by atoms with Crippen LogP contribution in [0.5, 0.6) is 0 Å². The zero-order valence-electron chi connectivity index (χ0n) is 14.0. The molecule has 0 atom stereocenters. The highest BCUT2D eigenvalue weighted by Crippen LogP contribution is 2.18. The van der Waals surface area contributed by atoms with Crippen LogP contribution in [0.3, 0.4) is 0 Å². The number of hydrogen-bond donors (Lipinski definition) is 0. The minimum atomic E-state index is -0.0864. The van der Waals surface area contributed by atoms with Crippen LogP contribution < -0.4 is 0 Å². The van der Waals surface area contributed by atoms with Gasteiger partial charge in [0, 0.05) is 35.5 Å². The lowest BCUT2D eigenvalue weighted by Crippen LogP contribution is -2.35. The third-order valence-electron chi connectivity index (χ3n) is 4.16. The molecule has 0 aliphatic carbocycles. The van der Waals surface area contributed by atoms with E-state index in [0.717, 1.165) is 11.1 Å². The van der Waals surface area contributed by atoms with Crippen LogP contribution in [0.15, 0.2) is 53.5 Å². The van der Waals surface area contributed by atoms with Gasteiger partial charge in [-0.3, -0.25) is 19.5 Å². The van der Waals surface area contributed by atoms with E-state index in [4.69, 9.17) is 11.6 Å². The number of aryl methyl sites for hydroxylation is 1. The predicted octanol–water partition coefficient (Wildman–Crippen LogP) is 3.90. The van der Waals surface area contributed by atoms with Crippen molar-refractivity contribution >= 4 is 29.1 Å². The second kappa shape index (κ2) is 7.62. The summed E-state index contributed by atoms with van der Waals surface area (Å²) in [4.78, 5) is 30.9. The van der Waals surface area contributed by atoms with Gasteiger partial charge in [0.05, 0.1) is 6.54 Å². The van der Waals surface area contributed by atoms with E-state index in [1.165, 1.54) is 0 Å². The summed E-state index contributed by atoms with van der Waals surface area (Å²) in [6.07, 6.45) is 0.369. The molecule has 25 heavy (non-hydrogen) atoms. The van der Waals surface area contributed by atoms with Crippen LogP contribution in [0.2, 0.25) is 5.02 Å². The van der Waals surface area contributed by atoms with Crippen LogP contribution in [0.4, 0.5) is 0 Å². The average molecular weight is 355 g/mol. The number of carbonyl (C=O) groups is 2. The number of carbonyl (C=O) groups excluding carboxylic acids is 2. The fourth-order valence-electron chi connectivity index (χ4n) is 2.80. The molecular formula is C20H19ClN2O2. The van der Waals surface area contributed by atoms with Crippen LogP contribution in [0.25, 0.3) is 0 Å². The first kappa shape index (κ1) is 17.4. The Balaban J connectivity index is 1.64.